The van der Waals surface area contributed by atoms with Crippen molar-refractivity contribution in [1.29, 1.82) is 0 Å². The first-order valence-corrected chi connectivity index (χ1v) is 4.56. The largest absolute Gasteiger partial charge is 0.372 e. The molecule has 1 fully saturated rings. The second kappa shape index (κ2) is 5.70. The summed E-state index contributed by atoms with van der Waals surface area (Å²) in [5.74, 6) is 0. The second-order valence-electron chi connectivity index (χ2n) is 3.59. The van der Waals surface area contributed by atoms with Crippen molar-refractivity contribution < 1.29 is 4.74 Å². The van der Waals surface area contributed by atoms with Crippen LogP contribution < -0.4 is 5.73 Å². The lowest BCUT2D eigenvalue weighted by Crippen LogP contribution is -2.23. The van der Waals surface area contributed by atoms with Crippen LogP contribution in [-0.2, 0) is 11.8 Å². The Morgan fingerprint density at radius 2 is 2.20 bits per heavy atom. The van der Waals surface area contributed by atoms with Gasteiger partial charge in [0.05, 0.1) is 5.69 Å². The number of aromatic nitrogens is 2. The molecule has 4 nitrogen and oxygen atoms in total. The molecule has 0 radical (unpaired) electrons. The van der Waals surface area contributed by atoms with Gasteiger partial charge >= 0.3 is 0 Å². The summed E-state index contributed by atoms with van der Waals surface area (Å²) in [5.41, 5.74) is 8.08. The lowest BCUT2D eigenvalue weighted by atomic mass is 10.0. The summed E-state index contributed by atoms with van der Waals surface area (Å²) >= 11 is 0. The van der Waals surface area contributed by atoms with Crippen LogP contribution in [0.4, 0.5) is 0 Å². The summed E-state index contributed by atoms with van der Waals surface area (Å²) in [7, 11) is 1.91. The van der Waals surface area contributed by atoms with Crippen LogP contribution in [-0.4, -0.2) is 22.4 Å². The van der Waals surface area contributed by atoms with Gasteiger partial charge in [-0.3, -0.25) is 4.68 Å². The van der Waals surface area contributed by atoms with E-state index in [-0.39, 0.29) is 37.0 Å². The summed E-state index contributed by atoms with van der Waals surface area (Å²) in [5, 5.41) is 4.27. The number of aryl methyl sites for hydroxylation is 2. The second-order valence-corrected chi connectivity index (χ2v) is 3.59. The Kier molecular flexibility index (Phi) is 5.59. The monoisotopic (exact) mass is 253 g/mol. The van der Waals surface area contributed by atoms with Gasteiger partial charge in [-0.1, -0.05) is 0 Å². The summed E-state index contributed by atoms with van der Waals surface area (Å²) in [6.45, 7) is 2.75. The highest BCUT2D eigenvalue weighted by atomic mass is 35.5. The van der Waals surface area contributed by atoms with E-state index in [1.165, 1.54) is 0 Å². The number of hydrogen-bond donors (Lipinski definition) is 1. The number of hydrogen-bond acceptors (Lipinski definition) is 3. The molecule has 2 atom stereocenters. The van der Waals surface area contributed by atoms with Gasteiger partial charge in [0.15, 0.2) is 0 Å². The van der Waals surface area contributed by atoms with Crippen molar-refractivity contribution in [2.24, 2.45) is 12.8 Å². The first-order valence-electron chi connectivity index (χ1n) is 4.56. The summed E-state index contributed by atoms with van der Waals surface area (Å²) in [6.07, 6.45) is 2.98. The average molecular weight is 254 g/mol. The van der Waals surface area contributed by atoms with Gasteiger partial charge in [0, 0.05) is 31.5 Å². The highest BCUT2D eigenvalue weighted by Gasteiger charge is 2.28. The fourth-order valence-electron chi connectivity index (χ4n) is 1.82. The Morgan fingerprint density at radius 3 is 2.60 bits per heavy atom. The van der Waals surface area contributed by atoms with Crippen LogP contribution in [0, 0.1) is 6.92 Å². The normalized spacial score (nSPS) is 24.5. The lowest BCUT2D eigenvalue weighted by molar-refractivity contribution is 0.104. The summed E-state index contributed by atoms with van der Waals surface area (Å²) in [6, 6.07) is 0.128. The maximum absolute atomic E-state index is 5.93. The van der Waals surface area contributed by atoms with Crippen LogP contribution in [0.1, 0.15) is 23.8 Å². The van der Waals surface area contributed by atoms with Crippen molar-refractivity contribution in [1.82, 2.24) is 9.78 Å². The Balaban J connectivity index is 0.000000980. The number of ether oxygens (including phenoxy) is 1. The van der Waals surface area contributed by atoms with Gasteiger partial charge in [-0.15, -0.1) is 24.8 Å². The maximum atomic E-state index is 5.93. The quantitative estimate of drug-likeness (QED) is 0.823. The fraction of sp³-hybridized carbons (Fsp3) is 0.667. The zero-order valence-electron chi connectivity index (χ0n) is 8.84. The topological polar surface area (TPSA) is 53.1 Å². The molecule has 1 aliphatic rings. The fourth-order valence-corrected chi connectivity index (χ4v) is 1.82. The van der Waals surface area contributed by atoms with Crippen LogP contribution in [0.5, 0.6) is 0 Å². The van der Waals surface area contributed by atoms with E-state index in [0.717, 1.165) is 24.3 Å². The minimum atomic E-state index is 0. The Morgan fingerprint density at radius 1 is 1.53 bits per heavy atom. The zero-order chi connectivity index (χ0) is 9.42. The SMILES string of the molecule is Cc1nn(C)cc1C1OCCC1N.Cl.Cl. The van der Waals surface area contributed by atoms with E-state index < -0.39 is 0 Å². The van der Waals surface area contributed by atoms with Gasteiger partial charge < -0.3 is 10.5 Å². The zero-order valence-corrected chi connectivity index (χ0v) is 10.5. The molecular formula is C9H17Cl2N3O. The van der Waals surface area contributed by atoms with Crippen molar-refractivity contribution in [3.8, 4) is 0 Å². The van der Waals surface area contributed by atoms with E-state index in [1.807, 2.05) is 20.2 Å². The molecule has 2 heterocycles. The van der Waals surface area contributed by atoms with Crippen LogP contribution in [0.25, 0.3) is 0 Å². The molecule has 0 bridgehead atoms. The highest BCUT2D eigenvalue weighted by Crippen LogP contribution is 2.29. The molecule has 0 aliphatic carbocycles. The molecule has 6 heteroatoms. The summed E-state index contributed by atoms with van der Waals surface area (Å²) in [4.78, 5) is 0. The van der Waals surface area contributed by atoms with Gasteiger partial charge in [-0.25, -0.2) is 0 Å². The van der Waals surface area contributed by atoms with E-state index in [0.29, 0.717) is 0 Å². The van der Waals surface area contributed by atoms with E-state index in [4.69, 9.17) is 10.5 Å². The van der Waals surface area contributed by atoms with Crippen LogP contribution in [0.2, 0.25) is 0 Å². The van der Waals surface area contributed by atoms with Crippen molar-refractivity contribution in [3.63, 3.8) is 0 Å². The van der Waals surface area contributed by atoms with E-state index in [2.05, 4.69) is 5.10 Å². The minimum absolute atomic E-state index is 0. The molecule has 1 saturated heterocycles. The van der Waals surface area contributed by atoms with Crippen LogP contribution in [0.15, 0.2) is 6.20 Å². The number of rotatable bonds is 1. The molecule has 2 rings (SSSR count). The Hall–Kier alpha value is -0.290. The molecule has 0 amide bonds. The molecule has 1 aromatic heterocycles. The van der Waals surface area contributed by atoms with Gasteiger partial charge in [-0.2, -0.15) is 5.10 Å². The molecule has 1 aliphatic heterocycles. The third-order valence-electron chi connectivity index (χ3n) is 2.50. The molecule has 2 unspecified atom stereocenters. The standard InChI is InChI=1S/C9H15N3O.2ClH/c1-6-7(5-12(2)11-6)9-8(10)3-4-13-9;;/h5,8-9H,3-4,10H2,1-2H3;2*1H. The Labute approximate surface area is 102 Å². The lowest BCUT2D eigenvalue weighted by Gasteiger charge is -2.12. The van der Waals surface area contributed by atoms with Gasteiger partial charge in [0.1, 0.15) is 6.10 Å². The predicted molar refractivity (Wildman–Crippen MR) is 63.7 cm³/mol. The Bertz CT molecular complexity index is 316. The smallest absolute Gasteiger partial charge is 0.101 e. The predicted octanol–water partition coefficient (Wildman–Crippen LogP) is 1.36. The molecular weight excluding hydrogens is 237 g/mol. The van der Waals surface area contributed by atoms with E-state index in [9.17, 15) is 0 Å². The third kappa shape index (κ3) is 2.84. The molecule has 0 aromatic carbocycles. The van der Waals surface area contributed by atoms with Crippen LogP contribution >= 0.6 is 24.8 Å². The van der Waals surface area contributed by atoms with Crippen molar-refractivity contribution in [2.75, 3.05) is 6.61 Å². The minimum Gasteiger partial charge on any atom is -0.372 e. The molecule has 1 aromatic rings. The molecule has 2 N–H and O–H groups in total. The molecule has 88 valence electrons. The molecule has 0 spiro atoms. The van der Waals surface area contributed by atoms with Crippen molar-refractivity contribution in [3.05, 3.63) is 17.5 Å². The first kappa shape index (κ1) is 14.7. The molecule has 15 heavy (non-hydrogen) atoms. The highest BCUT2D eigenvalue weighted by molar-refractivity contribution is 5.85. The maximum Gasteiger partial charge on any atom is 0.101 e. The van der Waals surface area contributed by atoms with E-state index in [1.54, 1.807) is 4.68 Å². The molecule has 0 saturated carbocycles. The van der Waals surface area contributed by atoms with Gasteiger partial charge in [0.25, 0.3) is 0 Å². The number of nitrogens with two attached hydrogens (primary N) is 1. The average Bonchev–Trinajstić information content (AvgIpc) is 2.58. The van der Waals surface area contributed by atoms with Crippen molar-refractivity contribution >= 4 is 24.8 Å². The third-order valence-corrected chi connectivity index (χ3v) is 2.50. The first-order chi connectivity index (χ1) is 6.18. The van der Waals surface area contributed by atoms with Crippen LogP contribution in [0.3, 0.4) is 0 Å². The summed E-state index contributed by atoms with van der Waals surface area (Å²) < 4.78 is 7.37. The van der Waals surface area contributed by atoms with Gasteiger partial charge in [-0.05, 0) is 13.3 Å². The van der Waals surface area contributed by atoms with E-state index >= 15 is 0 Å². The van der Waals surface area contributed by atoms with Crippen molar-refractivity contribution in [2.45, 2.75) is 25.5 Å². The van der Waals surface area contributed by atoms with Gasteiger partial charge in [0.2, 0.25) is 0 Å². The number of halogens is 2. The number of nitrogens with zero attached hydrogens (tertiary/aromatic N) is 2.